The first kappa shape index (κ1) is 38.7. The molecule has 0 amide bonds. The van der Waals surface area contributed by atoms with E-state index in [1.807, 2.05) is 11.3 Å². The van der Waals surface area contributed by atoms with Gasteiger partial charge in [-0.25, -0.2) is 0 Å². The topological polar surface area (TPSA) is 6.48 Å². The van der Waals surface area contributed by atoms with Crippen molar-refractivity contribution in [2.24, 2.45) is 0 Å². The molecule has 14 rings (SSSR count). The molecule has 12 aromatic rings. The number of hydrogen-bond donors (Lipinski definition) is 0. The van der Waals surface area contributed by atoms with E-state index in [-0.39, 0.29) is 0 Å². The van der Waals surface area contributed by atoms with Gasteiger partial charge in [-0.1, -0.05) is 176 Å². The molecule has 0 saturated carbocycles. The van der Waals surface area contributed by atoms with E-state index in [0.29, 0.717) is 0 Å². The minimum absolute atomic E-state index is 0.560. The molecule has 0 atom stereocenters. The summed E-state index contributed by atoms with van der Waals surface area (Å²) in [6, 6.07) is 94.6. The zero-order valence-electron chi connectivity index (χ0n) is 37.1. The van der Waals surface area contributed by atoms with E-state index >= 15 is 0 Å². The Hall–Kier alpha value is -8.50. The molecular formula is C65H42N2S. The Balaban J connectivity index is 1.12. The van der Waals surface area contributed by atoms with Crippen LogP contribution >= 0.6 is 11.3 Å². The summed E-state index contributed by atoms with van der Waals surface area (Å²) in [7, 11) is 0. The van der Waals surface area contributed by atoms with E-state index in [9.17, 15) is 0 Å². The first-order valence-electron chi connectivity index (χ1n) is 23.4. The van der Waals surface area contributed by atoms with Crippen molar-refractivity contribution in [3.63, 3.8) is 0 Å². The number of thiophene rings is 1. The van der Waals surface area contributed by atoms with Crippen LogP contribution in [0, 0.1) is 0 Å². The predicted octanol–water partition coefficient (Wildman–Crippen LogP) is 18.2. The smallest absolute Gasteiger partial charge is 0.0726 e. The molecule has 1 spiro atoms. The molecule has 3 heteroatoms. The van der Waals surface area contributed by atoms with Crippen LogP contribution in [0.1, 0.15) is 22.3 Å². The lowest BCUT2D eigenvalue weighted by atomic mass is 9.70. The SMILES string of the molecule is c1ccc(N(c2ccccc2)c2cc(-c3cc(N(c4ccccc4)c4ccc5c(c4)sc4ccccc45)cc4c3-c3ccccc3C43c4ccccc4-c4ccccc43)c3ccccc3c2)cc1. The number of hydrogen-bond acceptors (Lipinski definition) is 3. The standard InChI is InChI=1S/C65H42N2S/c1-4-21-44(22-5-1)66(45-23-6-2-7-24-45)48-38-43-20-10-11-27-50(43)56(39-48)57-40-49(67(46-25-8-3-9-26-46)47-36-37-54-53-30-15-19-35-62(53)68-63(54)42-47)41-61-64(57)55-31-14-18-34-60(55)65(61)58-32-16-12-28-51(58)52-29-13-17-33-59(52)65/h1-42H. The number of nitrogens with zero attached hydrogens (tertiary/aromatic N) is 2. The third-order valence-corrected chi connectivity index (χ3v) is 15.5. The van der Waals surface area contributed by atoms with Gasteiger partial charge in [0.1, 0.15) is 0 Å². The fourth-order valence-electron chi connectivity index (χ4n) is 11.7. The van der Waals surface area contributed by atoms with Crippen molar-refractivity contribution >= 4 is 76.4 Å². The normalized spacial score (nSPS) is 12.8. The van der Waals surface area contributed by atoms with Gasteiger partial charge in [-0.2, -0.15) is 0 Å². The Morgan fingerprint density at radius 2 is 0.735 bits per heavy atom. The fraction of sp³-hybridized carbons (Fsp3) is 0.0154. The Morgan fingerprint density at radius 3 is 1.38 bits per heavy atom. The highest BCUT2D eigenvalue weighted by Crippen LogP contribution is 2.65. The number of para-hydroxylation sites is 3. The van der Waals surface area contributed by atoms with Crippen molar-refractivity contribution in [1.29, 1.82) is 0 Å². The van der Waals surface area contributed by atoms with Gasteiger partial charge >= 0.3 is 0 Å². The Labute approximate surface area is 399 Å². The molecular weight excluding hydrogens is 841 g/mol. The average Bonchev–Trinajstić information content (AvgIpc) is 4.03. The lowest BCUT2D eigenvalue weighted by Gasteiger charge is -2.33. The minimum atomic E-state index is -0.560. The van der Waals surface area contributed by atoms with Gasteiger partial charge in [0.25, 0.3) is 0 Å². The summed E-state index contributed by atoms with van der Waals surface area (Å²) in [5.74, 6) is 0. The number of anilines is 6. The second-order valence-corrected chi connectivity index (χ2v) is 19.1. The average molecular weight is 883 g/mol. The van der Waals surface area contributed by atoms with Crippen LogP contribution in [0.2, 0.25) is 0 Å². The van der Waals surface area contributed by atoms with E-state index in [2.05, 4.69) is 265 Å². The second-order valence-electron chi connectivity index (χ2n) is 18.0. The number of rotatable bonds is 7. The van der Waals surface area contributed by atoms with Gasteiger partial charge in [-0.05, 0) is 145 Å². The van der Waals surface area contributed by atoms with E-state index in [4.69, 9.17) is 0 Å². The van der Waals surface area contributed by atoms with E-state index in [1.54, 1.807) is 0 Å². The van der Waals surface area contributed by atoms with Crippen molar-refractivity contribution < 1.29 is 0 Å². The summed E-state index contributed by atoms with van der Waals surface area (Å²) >= 11 is 1.87. The van der Waals surface area contributed by atoms with Crippen molar-refractivity contribution in [2.75, 3.05) is 9.80 Å². The molecule has 2 aliphatic rings. The van der Waals surface area contributed by atoms with Crippen LogP contribution in [0.15, 0.2) is 255 Å². The van der Waals surface area contributed by atoms with Gasteiger partial charge in [0.15, 0.2) is 0 Å². The van der Waals surface area contributed by atoms with Crippen LogP contribution in [0.3, 0.4) is 0 Å². The Bertz CT molecular complexity index is 3840. The summed E-state index contributed by atoms with van der Waals surface area (Å²) in [4.78, 5) is 4.89. The van der Waals surface area contributed by atoms with Gasteiger partial charge in [-0.3, -0.25) is 0 Å². The molecule has 2 aliphatic carbocycles. The van der Waals surface area contributed by atoms with Gasteiger partial charge in [0.2, 0.25) is 0 Å². The zero-order valence-corrected chi connectivity index (χ0v) is 37.9. The molecule has 318 valence electrons. The van der Waals surface area contributed by atoms with Crippen molar-refractivity contribution in [3.05, 3.63) is 277 Å². The van der Waals surface area contributed by atoms with Crippen LogP contribution in [0.5, 0.6) is 0 Å². The summed E-state index contributed by atoms with van der Waals surface area (Å²) in [5.41, 5.74) is 18.9. The molecule has 68 heavy (non-hydrogen) atoms. The Kier molecular flexibility index (Phi) is 8.71. The quantitative estimate of drug-likeness (QED) is 0.157. The molecule has 0 saturated heterocycles. The third kappa shape index (κ3) is 5.70. The predicted molar refractivity (Wildman–Crippen MR) is 288 cm³/mol. The summed E-state index contributed by atoms with van der Waals surface area (Å²) in [5, 5.41) is 4.98. The molecule has 1 aromatic heterocycles. The van der Waals surface area contributed by atoms with Gasteiger partial charge < -0.3 is 9.80 Å². The molecule has 2 nitrogen and oxygen atoms in total. The number of benzene rings is 11. The molecule has 0 bridgehead atoms. The van der Waals surface area contributed by atoms with E-state index in [1.165, 1.54) is 86.6 Å². The zero-order chi connectivity index (χ0) is 44.8. The first-order chi connectivity index (χ1) is 33.7. The maximum atomic E-state index is 2.53. The maximum absolute atomic E-state index is 2.53. The van der Waals surface area contributed by atoms with Gasteiger partial charge in [0.05, 0.1) is 5.41 Å². The molecule has 0 radical (unpaired) electrons. The monoisotopic (exact) mass is 882 g/mol. The first-order valence-corrected chi connectivity index (χ1v) is 24.2. The third-order valence-electron chi connectivity index (χ3n) is 14.4. The Morgan fingerprint density at radius 1 is 0.265 bits per heavy atom. The molecule has 0 fully saturated rings. The van der Waals surface area contributed by atoms with Crippen LogP contribution in [-0.4, -0.2) is 0 Å². The minimum Gasteiger partial charge on any atom is -0.310 e. The highest BCUT2D eigenvalue weighted by atomic mass is 32.1. The lowest BCUT2D eigenvalue weighted by Crippen LogP contribution is -2.26. The molecule has 11 aromatic carbocycles. The van der Waals surface area contributed by atoms with Crippen LogP contribution in [0.4, 0.5) is 34.1 Å². The van der Waals surface area contributed by atoms with Crippen LogP contribution < -0.4 is 9.80 Å². The number of fused-ring (bicyclic) bond motifs is 14. The van der Waals surface area contributed by atoms with Gasteiger partial charge in [0, 0.05) is 54.3 Å². The van der Waals surface area contributed by atoms with Crippen LogP contribution in [-0.2, 0) is 5.41 Å². The fourth-order valence-corrected chi connectivity index (χ4v) is 12.8. The molecule has 0 N–H and O–H groups in total. The van der Waals surface area contributed by atoms with Gasteiger partial charge in [-0.15, -0.1) is 11.3 Å². The summed E-state index contributed by atoms with van der Waals surface area (Å²) < 4.78 is 2.57. The highest BCUT2D eigenvalue weighted by molar-refractivity contribution is 7.25. The van der Waals surface area contributed by atoms with Crippen LogP contribution in [0.25, 0.3) is 64.3 Å². The second kappa shape index (κ2) is 15.3. The maximum Gasteiger partial charge on any atom is 0.0726 e. The molecule has 0 unspecified atom stereocenters. The lowest BCUT2D eigenvalue weighted by molar-refractivity contribution is 0.794. The molecule has 1 heterocycles. The van der Waals surface area contributed by atoms with Crippen molar-refractivity contribution in [1.82, 2.24) is 0 Å². The summed E-state index contributed by atoms with van der Waals surface area (Å²) in [6.07, 6.45) is 0. The van der Waals surface area contributed by atoms with E-state index in [0.717, 1.165) is 34.1 Å². The largest absolute Gasteiger partial charge is 0.310 e. The molecule has 0 aliphatic heterocycles. The van der Waals surface area contributed by atoms with Crippen molar-refractivity contribution in [2.45, 2.75) is 5.41 Å². The van der Waals surface area contributed by atoms with E-state index < -0.39 is 5.41 Å². The summed E-state index contributed by atoms with van der Waals surface area (Å²) in [6.45, 7) is 0. The highest BCUT2D eigenvalue weighted by Gasteiger charge is 2.52. The van der Waals surface area contributed by atoms with Crippen molar-refractivity contribution in [3.8, 4) is 33.4 Å².